The van der Waals surface area contributed by atoms with Crippen molar-refractivity contribution in [3.05, 3.63) is 47.5 Å². The van der Waals surface area contributed by atoms with Crippen LogP contribution < -0.4 is 68.8 Å². The molecule has 0 saturated heterocycles. The van der Waals surface area contributed by atoms with Gasteiger partial charge in [-0.25, -0.2) is 19.2 Å². The monoisotopic (exact) mass is 1690 g/mol. The Labute approximate surface area is 697 Å². The van der Waals surface area contributed by atoms with Crippen molar-refractivity contribution < 1.29 is 120 Å². The topological polar surface area (TPSA) is 548 Å². The summed E-state index contributed by atoms with van der Waals surface area (Å²) < 4.78 is 26.9. The highest BCUT2D eigenvalue weighted by atomic mass is 32.2. The summed E-state index contributed by atoms with van der Waals surface area (Å²) in [5.74, 6) is -7.79. The molecule has 9 atom stereocenters. The molecule has 2 aliphatic rings. The van der Waals surface area contributed by atoms with Gasteiger partial charge in [0, 0.05) is 165 Å². The number of thioether (sulfide) groups is 1. The molecule has 0 heterocycles. The molecule has 0 bridgehead atoms. The van der Waals surface area contributed by atoms with Gasteiger partial charge in [0.2, 0.25) is 29.5 Å². The minimum atomic E-state index is -0.940. The Hall–Kier alpha value is -11.0. The molecule has 2 aromatic carbocycles. The van der Waals surface area contributed by atoms with Gasteiger partial charge in [0.1, 0.15) is 66.8 Å². The van der Waals surface area contributed by atoms with Crippen LogP contribution in [0.15, 0.2) is 36.4 Å². The van der Waals surface area contributed by atoms with Gasteiger partial charge in [-0.2, -0.15) is 0 Å². The van der Waals surface area contributed by atoms with Crippen molar-refractivity contribution in [1.29, 1.82) is 0 Å². The van der Waals surface area contributed by atoms with E-state index in [0.29, 0.717) is 68.9 Å². The lowest BCUT2D eigenvalue weighted by Crippen LogP contribution is -2.44. The van der Waals surface area contributed by atoms with Crippen molar-refractivity contribution >= 4 is 141 Å². The van der Waals surface area contributed by atoms with Crippen molar-refractivity contribution in [1.82, 2.24) is 37.2 Å². The van der Waals surface area contributed by atoms with Crippen molar-refractivity contribution in [2.24, 2.45) is 52.9 Å². The van der Waals surface area contributed by atoms with Gasteiger partial charge in [-0.3, -0.25) is 76.7 Å². The molecule has 11 amide bonds. The number of anilines is 2. The van der Waals surface area contributed by atoms with Crippen LogP contribution in [0, 0.1) is 41.4 Å². The van der Waals surface area contributed by atoms with Gasteiger partial charge in [0.05, 0.1) is 34.9 Å². The van der Waals surface area contributed by atoms with E-state index in [0.717, 1.165) is 11.8 Å². The third kappa shape index (κ3) is 40.3. The number of rotatable bonds is 56. The molecule has 13 N–H and O–H groups in total. The first-order valence-corrected chi connectivity index (χ1v) is 41.1. The van der Waals surface area contributed by atoms with E-state index in [4.69, 9.17) is 35.2 Å². The van der Waals surface area contributed by atoms with Gasteiger partial charge >= 0.3 is 24.2 Å². The summed E-state index contributed by atoms with van der Waals surface area (Å²) in [7, 11) is 2.79. The molecule has 4 unspecified atom stereocenters. The Balaban J connectivity index is 0.000000622. The molecule has 37 heteroatoms. The molecule has 2 aromatic rings. The van der Waals surface area contributed by atoms with E-state index >= 15 is 0 Å². The van der Waals surface area contributed by atoms with Crippen LogP contribution in [-0.2, 0) is 104 Å². The van der Waals surface area contributed by atoms with Gasteiger partial charge in [-0.15, -0.1) is 11.8 Å². The van der Waals surface area contributed by atoms with E-state index in [1.165, 1.54) is 47.0 Å². The van der Waals surface area contributed by atoms with E-state index in [2.05, 4.69) is 47.9 Å². The number of hydrogen-bond donors (Lipinski definition) is 11. The fraction of sp³-hybridized carbons (Fsp3) is 0.610. The number of unbranched alkanes of at least 4 members (excludes halogenated alkanes) is 4. The summed E-state index contributed by atoms with van der Waals surface area (Å²) in [6.45, 7) is 12.1. The molecule has 2 fully saturated rings. The molecule has 2 saturated carbocycles. The first-order chi connectivity index (χ1) is 56.4. The highest BCUT2D eigenvalue weighted by Crippen LogP contribution is 2.34. The quantitative estimate of drug-likeness (QED) is 0.0110. The normalized spacial score (nSPS) is 16.0. The van der Waals surface area contributed by atoms with Crippen LogP contribution in [0.2, 0.25) is 0 Å². The zero-order chi connectivity index (χ0) is 88.8. The molecule has 2 aliphatic carbocycles. The maximum atomic E-state index is 13.6. The molecule has 0 aliphatic heterocycles. The van der Waals surface area contributed by atoms with Crippen LogP contribution in [0.5, 0.6) is 11.5 Å². The van der Waals surface area contributed by atoms with Crippen LogP contribution in [0.4, 0.5) is 30.6 Å². The Bertz CT molecular complexity index is 3890. The predicted molar refractivity (Wildman–Crippen MR) is 435 cm³/mol. The minimum Gasteiger partial charge on any atom is -0.485 e. The minimum absolute atomic E-state index is 0.00719. The van der Waals surface area contributed by atoms with Crippen LogP contribution in [0.1, 0.15) is 208 Å². The Morgan fingerprint density at radius 1 is 0.513 bits per heavy atom. The summed E-state index contributed by atoms with van der Waals surface area (Å²) >= 11 is 1.11. The van der Waals surface area contributed by atoms with Crippen LogP contribution >= 0.6 is 11.8 Å². The smallest absolute Gasteiger partial charge is 0.407 e. The number of urea groups is 2. The lowest BCUT2D eigenvalue weighted by Gasteiger charge is -2.23. The Morgan fingerprint density at radius 2 is 0.908 bits per heavy atom. The summed E-state index contributed by atoms with van der Waals surface area (Å²) in [6, 6.07) is 6.08. The van der Waals surface area contributed by atoms with Crippen LogP contribution in [0.3, 0.4) is 0 Å². The molecule has 36 nitrogen and oxygen atoms in total. The fourth-order valence-electron chi connectivity index (χ4n) is 13.1. The second-order valence-electron chi connectivity index (χ2n) is 30.0. The van der Waals surface area contributed by atoms with Crippen molar-refractivity contribution in [2.45, 2.75) is 233 Å². The predicted octanol–water partition coefficient (Wildman–Crippen LogP) is 6.52. The second kappa shape index (κ2) is 54.9. The lowest BCUT2D eigenvalue weighted by molar-refractivity contribution is -0.137. The number of amides is 11. The maximum absolute atomic E-state index is 13.6. The van der Waals surface area contributed by atoms with E-state index in [1.807, 2.05) is 0 Å². The molecule has 658 valence electrons. The number of primary amides is 2. The number of ketones is 10. The first-order valence-electron chi connectivity index (χ1n) is 40.0. The molecule has 119 heavy (non-hydrogen) atoms. The molecule has 4 rings (SSSR count). The Morgan fingerprint density at radius 3 is 1.27 bits per heavy atom. The number of Topliss-reactive ketones (excluding diaryl/α,β-unsaturated/α-hetero) is 10. The zero-order valence-corrected chi connectivity index (χ0v) is 70.5. The van der Waals surface area contributed by atoms with Crippen molar-refractivity contribution in [2.75, 3.05) is 56.8 Å². The van der Waals surface area contributed by atoms with Gasteiger partial charge in [-0.05, 0) is 100 Å². The average molecular weight is 1690 g/mol. The highest BCUT2D eigenvalue weighted by Gasteiger charge is 2.42. The average Bonchev–Trinajstić information content (AvgIpc) is 1.76. The number of benzene rings is 2. The zero-order valence-electron chi connectivity index (χ0n) is 69.7. The molecule has 0 radical (unpaired) electrons. The lowest BCUT2D eigenvalue weighted by atomic mass is 9.89. The summed E-state index contributed by atoms with van der Waals surface area (Å²) in [5.41, 5.74) is 11.7. The number of hydrogen-bond acceptors (Lipinski definition) is 26. The fourth-order valence-corrected chi connectivity index (χ4v) is 14.2. The van der Waals surface area contributed by atoms with E-state index in [-0.39, 0.29) is 240 Å². The molecular formula is C82H119N11O25S. The summed E-state index contributed by atoms with van der Waals surface area (Å²) in [5, 5.41) is 22.2. The largest absolute Gasteiger partial charge is 0.485 e. The van der Waals surface area contributed by atoms with Gasteiger partial charge in [-0.1, -0.05) is 47.5 Å². The van der Waals surface area contributed by atoms with Crippen LogP contribution in [-0.4, -0.2) is 188 Å². The SMILES string of the molecule is CNC(=O)OCc1ccc(NC(=O)[C@H](CCCNC(N)=O)CC(=O)[C@@H](NC(C)=O)C(C)C)cc1OCC(=O)CCCCCC(=O)CCC1C(=O)CC(C)C1=O.CNC(=O)OCc1ccc(NC(=O)[C@H](CCCNC(N)=O)CC(=O)[C@@H](NC(C)=O)C(C)C)cc1OCC(=O)CCCCCC(=O)CCC1C(=O)CC(SC[C@H](NC(C)=O)OC=O)C1=O. The number of nitrogens with two attached hydrogens (primary N) is 2. The number of carbonyl (C=O) groups excluding carboxylic acids is 20. The molecule has 0 spiro atoms. The number of alkyl carbamates (subject to hydrolysis) is 2. The Kier molecular flexibility index (Phi) is 47.1. The third-order valence-corrected chi connectivity index (χ3v) is 20.7. The number of nitrogens with one attached hydrogen (secondary N) is 9. The maximum Gasteiger partial charge on any atom is 0.407 e. The standard InChI is InChI=1S/C43H62N6O14S.C39H57N5O11/c1-25(2)39(48-27(4)52)35(56)18-28(10-9-17-46-42(44)59)41(58)49-30-14-13-29(21-62-43(60)45-5)36(19-30)61-22-32(54)12-8-6-7-11-31(53)15-16-33-34(55)20-37(40(33)57)64-23-38(63-24-50)47-26(3)51;1-23(2)35(43-25(4)45)33(49)19-26(10-9-17-42-38(40)52)37(51)44-28-14-13-27(21-55-39(53)41-5)34(20-28)54-22-30(47)12-8-6-7-11-29(46)15-16-31-32(48)18-24(3)36(31)50/h13-14,19,24-25,28,33,37-39H,6-12,15-18,20-23H2,1-5H3,(H,45,60)(H,47,51)(H,48,52)(H,49,58)(H3,44,46,59);13-14,20,23-24,26,31,35H,6-12,15-19,21-22H2,1-5H3,(H,41,53)(H,43,45)(H,44,51)(H3,40,42,52)/t28-,33?,37?,38-,39+;24?,26-,31?,35+/m11/s1. The van der Waals surface area contributed by atoms with Gasteiger partial charge in [0.25, 0.3) is 6.47 Å². The van der Waals surface area contributed by atoms with Crippen LogP contribution in [0.25, 0.3) is 0 Å². The number of carbonyl (C=O) groups is 20. The van der Waals surface area contributed by atoms with Crippen molar-refractivity contribution in [3.63, 3.8) is 0 Å². The van der Waals surface area contributed by atoms with E-state index < -0.39 is 95.1 Å². The summed E-state index contributed by atoms with van der Waals surface area (Å²) in [4.78, 5) is 245. The highest BCUT2D eigenvalue weighted by molar-refractivity contribution is 8.00. The van der Waals surface area contributed by atoms with Gasteiger partial charge in [0.15, 0.2) is 35.1 Å². The van der Waals surface area contributed by atoms with E-state index in [1.54, 1.807) is 58.9 Å². The van der Waals surface area contributed by atoms with Gasteiger partial charge < -0.3 is 83.0 Å². The van der Waals surface area contributed by atoms with E-state index in [9.17, 15) is 95.9 Å². The molecule has 0 aromatic heterocycles. The third-order valence-electron chi connectivity index (χ3n) is 19.5. The second-order valence-corrected chi connectivity index (χ2v) is 31.3. The summed E-state index contributed by atoms with van der Waals surface area (Å²) in [6.07, 6.45) is 3.19. The first kappa shape index (κ1) is 102. The molecular weight excluding hydrogens is 1570 g/mol. The van der Waals surface area contributed by atoms with Crippen molar-refractivity contribution in [3.8, 4) is 11.5 Å². The number of ether oxygens (including phenoxy) is 5.